The molecule has 0 saturated carbocycles. The predicted molar refractivity (Wildman–Crippen MR) is 66.2 cm³/mol. The predicted octanol–water partition coefficient (Wildman–Crippen LogP) is 3.06. The van der Waals surface area contributed by atoms with Crippen LogP contribution in [0.1, 0.15) is 12.5 Å². The molecule has 1 aromatic carbocycles. The first-order valence-electron chi connectivity index (χ1n) is 5.72. The molecule has 82 valence electrons. The van der Waals surface area contributed by atoms with Gasteiger partial charge in [0.2, 0.25) is 0 Å². The van der Waals surface area contributed by atoms with E-state index in [0.717, 1.165) is 18.7 Å². The summed E-state index contributed by atoms with van der Waals surface area (Å²) in [6.07, 6.45) is 4.21. The van der Waals surface area contributed by atoms with Gasteiger partial charge in [-0.05, 0) is 17.6 Å². The second kappa shape index (κ2) is 3.80. The quantitative estimate of drug-likeness (QED) is 0.787. The van der Waals surface area contributed by atoms with E-state index >= 15 is 0 Å². The van der Waals surface area contributed by atoms with Gasteiger partial charge in [0, 0.05) is 24.0 Å². The molecular weight excluding hydrogens is 198 g/mol. The lowest BCUT2D eigenvalue weighted by atomic mass is 9.97. The van der Waals surface area contributed by atoms with Crippen LogP contribution in [0, 0.1) is 5.92 Å². The van der Waals surface area contributed by atoms with E-state index in [1.165, 1.54) is 16.5 Å². The van der Waals surface area contributed by atoms with Crippen molar-refractivity contribution in [3.05, 3.63) is 42.2 Å². The summed E-state index contributed by atoms with van der Waals surface area (Å²) >= 11 is 0. The molecule has 3 rings (SSSR count). The number of benzene rings is 1. The Morgan fingerprint density at radius 2 is 2.19 bits per heavy atom. The minimum absolute atomic E-state index is 0.595. The first-order chi connectivity index (χ1) is 7.84. The molecule has 1 aromatic heterocycles. The summed E-state index contributed by atoms with van der Waals surface area (Å²) in [4.78, 5) is 0. The van der Waals surface area contributed by atoms with Crippen molar-refractivity contribution in [3.8, 4) is 0 Å². The fraction of sp³-hybridized carbons (Fsp3) is 0.286. The van der Waals surface area contributed by atoms with Crippen LogP contribution in [-0.4, -0.2) is 13.1 Å². The van der Waals surface area contributed by atoms with Gasteiger partial charge in [0.25, 0.3) is 0 Å². The Morgan fingerprint density at radius 1 is 1.31 bits per heavy atom. The first-order valence-corrected chi connectivity index (χ1v) is 5.72. The van der Waals surface area contributed by atoms with E-state index in [0.29, 0.717) is 5.92 Å². The number of hydrogen-bond acceptors (Lipinski definition) is 2. The second-order valence-corrected chi connectivity index (χ2v) is 4.45. The van der Waals surface area contributed by atoms with E-state index in [1.54, 1.807) is 0 Å². The molecule has 0 fully saturated rings. The Kier molecular flexibility index (Phi) is 2.29. The molecule has 0 aliphatic carbocycles. The van der Waals surface area contributed by atoms with Crippen molar-refractivity contribution in [1.82, 2.24) is 5.32 Å². The maximum absolute atomic E-state index is 5.57. The van der Waals surface area contributed by atoms with Gasteiger partial charge in [-0.3, -0.25) is 0 Å². The van der Waals surface area contributed by atoms with Gasteiger partial charge in [0.15, 0.2) is 0 Å². The number of hydrogen-bond donors (Lipinski definition) is 1. The van der Waals surface area contributed by atoms with E-state index in [2.05, 4.69) is 30.4 Å². The van der Waals surface area contributed by atoms with E-state index in [9.17, 15) is 0 Å². The van der Waals surface area contributed by atoms with Crippen LogP contribution in [0.5, 0.6) is 0 Å². The zero-order valence-corrected chi connectivity index (χ0v) is 9.36. The molecule has 1 atom stereocenters. The highest BCUT2D eigenvalue weighted by molar-refractivity contribution is 5.91. The summed E-state index contributed by atoms with van der Waals surface area (Å²) < 4.78 is 5.57. The molecule has 0 bridgehead atoms. The van der Waals surface area contributed by atoms with Gasteiger partial charge in [-0.25, -0.2) is 0 Å². The average molecular weight is 213 g/mol. The van der Waals surface area contributed by atoms with Crippen LogP contribution in [0.25, 0.3) is 16.5 Å². The van der Waals surface area contributed by atoms with Crippen molar-refractivity contribution in [2.45, 2.75) is 6.92 Å². The molecule has 2 heteroatoms. The molecule has 2 aromatic rings. The lowest BCUT2D eigenvalue weighted by Gasteiger charge is -2.18. The van der Waals surface area contributed by atoms with Crippen molar-refractivity contribution in [2.75, 3.05) is 13.1 Å². The van der Waals surface area contributed by atoms with Gasteiger partial charge < -0.3 is 9.73 Å². The van der Waals surface area contributed by atoms with Crippen LogP contribution in [0.4, 0.5) is 0 Å². The zero-order chi connectivity index (χ0) is 11.0. The topological polar surface area (TPSA) is 25.2 Å². The SMILES string of the molecule is CC1C=C(c2coc3ccccc23)CNC1. The highest BCUT2D eigenvalue weighted by Gasteiger charge is 2.14. The fourth-order valence-corrected chi connectivity index (χ4v) is 2.31. The van der Waals surface area contributed by atoms with Crippen LogP contribution in [-0.2, 0) is 0 Å². The number of para-hydroxylation sites is 1. The highest BCUT2D eigenvalue weighted by atomic mass is 16.3. The number of fused-ring (bicyclic) bond motifs is 1. The summed E-state index contributed by atoms with van der Waals surface area (Å²) in [6, 6.07) is 8.20. The average Bonchev–Trinajstić information content (AvgIpc) is 2.72. The van der Waals surface area contributed by atoms with Crippen molar-refractivity contribution in [2.24, 2.45) is 5.92 Å². The minimum atomic E-state index is 0.595. The van der Waals surface area contributed by atoms with E-state index in [4.69, 9.17) is 4.42 Å². The summed E-state index contributed by atoms with van der Waals surface area (Å²) in [5, 5.41) is 4.64. The molecule has 0 radical (unpaired) electrons. The Morgan fingerprint density at radius 3 is 3.06 bits per heavy atom. The molecule has 1 aliphatic rings. The zero-order valence-electron chi connectivity index (χ0n) is 9.36. The minimum Gasteiger partial charge on any atom is -0.464 e. The van der Waals surface area contributed by atoms with Gasteiger partial charge in [-0.2, -0.15) is 0 Å². The lowest BCUT2D eigenvalue weighted by Crippen LogP contribution is -2.26. The Balaban J connectivity index is 2.12. The normalized spacial score (nSPS) is 21.1. The van der Waals surface area contributed by atoms with Crippen LogP contribution in [0.15, 0.2) is 41.0 Å². The molecule has 0 saturated heterocycles. The smallest absolute Gasteiger partial charge is 0.134 e. The maximum Gasteiger partial charge on any atom is 0.134 e. The summed E-state index contributed by atoms with van der Waals surface area (Å²) in [5.74, 6) is 0.595. The molecule has 0 amide bonds. The molecule has 1 N–H and O–H groups in total. The largest absolute Gasteiger partial charge is 0.464 e. The van der Waals surface area contributed by atoms with Gasteiger partial charge in [0.1, 0.15) is 5.58 Å². The van der Waals surface area contributed by atoms with Crippen molar-refractivity contribution < 1.29 is 4.42 Å². The van der Waals surface area contributed by atoms with E-state index < -0.39 is 0 Å². The monoisotopic (exact) mass is 213 g/mol. The molecule has 0 spiro atoms. The summed E-state index contributed by atoms with van der Waals surface area (Å²) in [5.41, 5.74) is 3.55. The van der Waals surface area contributed by atoms with Gasteiger partial charge in [-0.15, -0.1) is 0 Å². The lowest BCUT2D eigenvalue weighted by molar-refractivity contribution is 0.601. The number of nitrogens with one attached hydrogen (secondary N) is 1. The molecule has 2 heterocycles. The van der Waals surface area contributed by atoms with Crippen LogP contribution in [0.2, 0.25) is 0 Å². The van der Waals surface area contributed by atoms with Crippen LogP contribution in [0.3, 0.4) is 0 Å². The number of rotatable bonds is 1. The molecule has 1 unspecified atom stereocenters. The van der Waals surface area contributed by atoms with Crippen molar-refractivity contribution in [3.63, 3.8) is 0 Å². The van der Waals surface area contributed by atoms with Crippen molar-refractivity contribution >= 4 is 16.5 Å². The van der Waals surface area contributed by atoms with E-state index in [-0.39, 0.29) is 0 Å². The molecular formula is C14H15NO. The highest BCUT2D eigenvalue weighted by Crippen LogP contribution is 2.28. The summed E-state index contributed by atoms with van der Waals surface area (Å²) in [7, 11) is 0. The third-order valence-electron chi connectivity index (χ3n) is 3.09. The molecule has 2 nitrogen and oxygen atoms in total. The fourth-order valence-electron chi connectivity index (χ4n) is 2.31. The standard InChI is InChI=1S/C14H15NO/c1-10-6-11(8-15-7-10)13-9-16-14-5-3-2-4-12(13)14/h2-6,9-10,15H,7-8H2,1H3. The Hall–Kier alpha value is -1.54. The maximum atomic E-state index is 5.57. The molecule has 1 aliphatic heterocycles. The Bertz CT molecular complexity index is 538. The van der Waals surface area contributed by atoms with Gasteiger partial charge >= 0.3 is 0 Å². The van der Waals surface area contributed by atoms with Crippen LogP contribution >= 0.6 is 0 Å². The van der Waals surface area contributed by atoms with Crippen LogP contribution < -0.4 is 5.32 Å². The number of furan rings is 1. The van der Waals surface area contributed by atoms with Crippen molar-refractivity contribution in [1.29, 1.82) is 0 Å². The molecule has 16 heavy (non-hydrogen) atoms. The van der Waals surface area contributed by atoms with Gasteiger partial charge in [-0.1, -0.05) is 31.2 Å². The third kappa shape index (κ3) is 1.55. The second-order valence-electron chi connectivity index (χ2n) is 4.45. The first kappa shape index (κ1) is 9.67. The van der Waals surface area contributed by atoms with Gasteiger partial charge in [0.05, 0.1) is 6.26 Å². The van der Waals surface area contributed by atoms with E-state index in [1.807, 2.05) is 18.4 Å². The summed E-state index contributed by atoms with van der Waals surface area (Å²) in [6.45, 7) is 4.24. The Labute approximate surface area is 95.0 Å². The third-order valence-corrected chi connectivity index (χ3v) is 3.09.